The van der Waals surface area contributed by atoms with Gasteiger partial charge in [-0.15, -0.1) is 10.2 Å². The van der Waals surface area contributed by atoms with E-state index >= 15 is 0 Å². The van der Waals surface area contributed by atoms with Crippen LogP contribution in [-0.4, -0.2) is 36.4 Å². The van der Waals surface area contributed by atoms with E-state index < -0.39 is 6.04 Å². The number of aromatic nitrogens is 4. The number of carbonyl (C=O) groups excluding carboxylic acids is 1. The monoisotopic (exact) mass is 386 g/mol. The Hall–Kier alpha value is -3.81. The largest absolute Gasteiger partial charge is 0.273 e. The number of nitrogens with zero attached hydrogens (tertiary/aromatic N) is 5. The average Bonchev–Trinajstić information content (AvgIpc) is 3.33. The highest BCUT2D eigenvalue weighted by Gasteiger charge is 2.35. The minimum absolute atomic E-state index is 0.197. The van der Waals surface area contributed by atoms with Crippen molar-refractivity contribution in [1.29, 1.82) is 0 Å². The maximum absolute atomic E-state index is 12.5. The summed E-state index contributed by atoms with van der Waals surface area (Å²) in [6.07, 6.45) is 0.484. The molecule has 0 radical (unpaired) electrons. The van der Waals surface area contributed by atoms with Crippen molar-refractivity contribution < 1.29 is 4.79 Å². The van der Waals surface area contributed by atoms with Gasteiger partial charge in [-0.05, 0) is 18.6 Å². The second-order valence-corrected chi connectivity index (χ2v) is 7.20. The lowest BCUT2D eigenvalue weighted by molar-refractivity contribution is -0.130. The van der Waals surface area contributed by atoms with Crippen LogP contribution in [0, 0.1) is 6.92 Å². The summed E-state index contributed by atoms with van der Waals surface area (Å²) in [5, 5.41) is 18.7. The molecule has 2 aromatic heterocycles. The Morgan fingerprint density at radius 3 is 2.52 bits per heavy atom. The zero-order valence-corrected chi connectivity index (χ0v) is 16.0. The Morgan fingerprint density at radius 2 is 1.79 bits per heavy atom. The number of hydrogen-bond acceptors (Lipinski definition) is 5. The first-order valence-electron chi connectivity index (χ1n) is 9.33. The van der Waals surface area contributed by atoms with Crippen LogP contribution in [-0.2, 0) is 4.79 Å². The molecule has 0 aliphatic carbocycles. The Labute approximate surface area is 165 Å². The van der Waals surface area contributed by atoms with E-state index in [1.54, 1.807) is 10.6 Å². The summed E-state index contributed by atoms with van der Waals surface area (Å²) in [4.78, 5) is 24.8. The van der Waals surface area contributed by atoms with Crippen LogP contribution in [0.1, 0.15) is 36.3 Å². The quantitative estimate of drug-likeness (QED) is 0.573. The highest BCUT2D eigenvalue weighted by atomic mass is 16.2. The van der Waals surface area contributed by atoms with E-state index in [9.17, 15) is 9.59 Å². The zero-order valence-electron chi connectivity index (χ0n) is 16.0. The summed E-state index contributed by atoms with van der Waals surface area (Å²) < 4.78 is 1.57. The van der Waals surface area contributed by atoms with Crippen molar-refractivity contribution >= 4 is 28.0 Å². The second kappa shape index (κ2) is 6.37. The number of rotatable bonds is 2. The second-order valence-electron chi connectivity index (χ2n) is 7.20. The van der Waals surface area contributed by atoms with Crippen molar-refractivity contribution in [1.82, 2.24) is 24.8 Å². The lowest BCUT2D eigenvalue weighted by atomic mass is 10.0. The number of hydrazone groups is 1. The van der Waals surface area contributed by atoms with E-state index in [1.165, 1.54) is 11.9 Å². The van der Waals surface area contributed by atoms with Crippen molar-refractivity contribution in [2.75, 3.05) is 0 Å². The van der Waals surface area contributed by atoms with Crippen LogP contribution in [0.2, 0.25) is 0 Å². The molecule has 4 aromatic rings. The Kier molecular flexibility index (Phi) is 3.80. The van der Waals surface area contributed by atoms with Gasteiger partial charge in [0.05, 0.1) is 11.1 Å². The molecule has 2 aromatic carbocycles. The number of amides is 1. The third kappa shape index (κ3) is 2.72. The normalized spacial score (nSPS) is 16.6. The summed E-state index contributed by atoms with van der Waals surface area (Å²) in [6, 6.07) is 14.8. The molecule has 144 valence electrons. The third-order valence-electron chi connectivity index (χ3n) is 5.23. The average molecular weight is 386 g/mol. The summed E-state index contributed by atoms with van der Waals surface area (Å²) in [5.74, 6) is 0.279. The van der Waals surface area contributed by atoms with Crippen molar-refractivity contribution in [2.45, 2.75) is 26.3 Å². The SMILES string of the molecule is CC(=O)N1N=C(c2ccc(C)cc2)CC1c1nnc2c3ccccc3c(=O)[nH]n12. The van der Waals surface area contributed by atoms with E-state index in [0.717, 1.165) is 16.8 Å². The first kappa shape index (κ1) is 17.3. The molecule has 0 saturated heterocycles. The van der Waals surface area contributed by atoms with Gasteiger partial charge in [-0.3, -0.25) is 14.7 Å². The fourth-order valence-electron chi connectivity index (χ4n) is 3.76. The molecule has 29 heavy (non-hydrogen) atoms. The van der Waals surface area contributed by atoms with Gasteiger partial charge >= 0.3 is 0 Å². The van der Waals surface area contributed by atoms with Crippen molar-refractivity contribution in [3.8, 4) is 0 Å². The van der Waals surface area contributed by atoms with E-state index in [0.29, 0.717) is 28.7 Å². The molecule has 3 heterocycles. The van der Waals surface area contributed by atoms with Crippen LogP contribution in [0.5, 0.6) is 0 Å². The summed E-state index contributed by atoms with van der Waals surface area (Å²) >= 11 is 0. The highest BCUT2D eigenvalue weighted by Crippen LogP contribution is 2.32. The first-order valence-corrected chi connectivity index (χ1v) is 9.33. The molecule has 0 spiro atoms. The number of carbonyl (C=O) groups is 1. The van der Waals surface area contributed by atoms with E-state index in [-0.39, 0.29) is 11.5 Å². The van der Waals surface area contributed by atoms with Crippen molar-refractivity contribution in [2.24, 2.45) is 5.10 Å². The molecule has 1 N–H and O–H groups in total. The molecule has 8 nitrogen and oxygen atoms in total. The Balaban J connectivity index is 1.63. The fourth-order valence-corrected chi connectivity index (χ4v) is 3.76. The number of aromatic amines is 1. The summed E-state index contributed by atoms with van der Waals surface area (Å²) in [7, 11) is 0. The van der Waals surface area contributed by atoms with E-state index in [4.69, 9.17) is 0 Å². The molecule has 8 heteroatoms. The Morgan fingerprint density at radius 1 is 1.07 bits per heavy atom. The van der Waals surface area contributed by atoms with E-state index in [1.807, 2.05) is 49.4 Å². The first-order chi connectivity index (χ1) is 14.0. The molecule has 0 saturated carbocycles. The lowest BCUT2D eigenvalue weighted by Gasteiger charge is -2.18. The van der Waals surface area contributed by atoms with Crippen molar-refractivity contribution in [3.63, 3.8) is 0 Å². The van der Waals surface area contributed by atoms with Gasteiger partial charge < -0.3 is 0 Å². The van der Waals surface area contributed by atoms with Crippen molar-refractivity contribution in [3.05, 3.63) is 75.8 Å². The number of benzene rings is 2. The Bertz CT molecular complexity index is 1350. The smallest absolute Gasteiger partial charge is 0.270 e. The third-order valence-corrected chi connectivity index (χ3v) is 5.23. The maximum atomic E-state index is 12.5. The molecular weight excluding hydrogens is 368 g/mol. The molecule has 1 amide bonds. The van der Waals surface area contributed by atoms with Gasteiger partial charge in [-0.1, -0.05) is 48.0 Å². The minimum atomic E-state index is -0.449. The van der Waals surface area contributed by atoms with Crippen LogP contribution in [0.3, 0.4) is 0 Å². The molecule has 0 fully saturated rings. The predicted octanol–water partition coefficient (Wildman–Crippen LogP) is 2.58. The predicted molar refractivity (Wildman–Crippen MR) is 109 cm³/mol. The van der Waals surface area contributed by atoms with Gasteiger partial charge in [0.2, 0.25) is 5.91 Å². The van der Waals surface area contributed by atoms with Gasteiger partial charge in [0.15, 0.2) is 11.5 Å². The standard InChI is InChI=1S/C21H18N6O2/c1-12-7-9-14(10-8-12)17-11-18(26(24-17)13(2)28)20-23-22-19-15-5-3-4-6-16(15)21(29)25-27(19)20/h3-10,18H,11H2,1-2H3,(H,25,29). The minimum Gasteiger partial charge on any atom is -0.273 e. The van der Waals surface area contributed by atoms with Gasteiger partial charge in [-0.2, -0.15) is 5.10 Å². The number of fused-ring (bicyclic) bond motifs is 3. The molecule has 1 unspecified atom stereocenters. The molecule has 0 bridgehead atoms. The van der Waals surface area contributed by atoms with Crippen LogP contribution < -0.4 is 5.56 Å². The summed E-state index contributed by atoms with van der Waals surface area (Å²) in [6.45, 7) is 3.49. The summed E-state index contributed by atoms with van der Waals surface area (Å²) in [5.41, 5.74) is 3.21. The van der Waals surface area contributed by atoms with Gasteiger partial charge in [-0.25, -0.2) is 9.52 Å². The van der Waals surface area contributed by atoms with Crippen LogP contribution in [0.15, 0.2) is 58.4 Å². The van der Waals surface area contributed by atoms with Crippen LogP contribution >= 0.6 is 0 Å². The molecule has 1 atom stereocenters. The molecule has 1 aliphatic heterocycles. The van der Waals surface area contributed by atoms with Gasteiger partial charge in [0, 0.05) is 18.7 Å². The number of nitrogens with one attached hydrogen (secondary N) is 1. The fraction of sp³-hybridized carbons (Fsp3) is 0.190. The maximum Gasteiger partial charge on any atom is 0.270 e. The number of hydrogen-bond donors (Lipinski definition) is 1. The molecular formula is C21H18N6O2. The zero-order chi connectivity index (χ0) is 20.1. The molecule has 5 rings (SSSR count). The topological polar surface area (TPSA) is 95.7 Å². The van der Waals surface area contributed by atoms with Gasteiger partial charge in [0.25, 0.3) is 5.56 Å². The van der Waals surface area contributed by atoms with Gasteiger partial charge in [0.1, 0.15) is 6.04 Å². The molecule has 1 aliphatic rings. The lowest BCUT2D eigenvalue weighted by Crippen LogP contribution is -2.27. The number of aryl methyl sites for hydroxylation is 1. The highest BCUT2D eigenvalue weighted by molar-refractivity contribution is 6.03. The van der Waals surface area contributed by atoms with Crippen LogP contribution in [0.25, 0.3) is 16.4 Å². The van der Waals surface area contributed by atoms with E-state index in [2.05, 4.69) is 20.4 Å². The van der Waals surface area contributed by atoms with Crippen LogP contribution in [0.4, 0.5) is 0 Å². The number of H-pyrrole nitrogens is 1.